The van der Waals surface area contributed by atoms with Gasteiger partial charge in [-0.05, 0) is 20.8 Å². The predicted molar refractivity (Wildman–Crippen MR) is 41.6 cm³/mol. The van der Waals surface area contributed by atoms with Crippen molar-refractivity contribution in [2.24, 2.45) is 0 Å². The Morgan fingerprint density at radius 3 is 2.09 bits per heavy atom. The summed E-state index contributed by atoms with van der Waals surface area (Å²) in [7, 11) is 0. The first-order valence-electron chi connectivity index (χ1n) is 3.30. The number of hydrogen-bond donors (Lipinski definition) is 0. The molecule has 0 radical (unpaired) electrons. The lowest BCUT2D eigenvalue weighted by atomic mass is 10.3. The first-order chi connectivity index (χ1) is 4.95. The number of Topliss-reactive ketones (excluding diaryl/α,β-unsaturated/α-hetero) is 1. The molecule has 64 valence electrons. The maximum absolute atomic E-state index is 10.8. The van der Waals surface area contributed by atoms with E-state index < -0.39 is 17.1 Å². The van der Waals surface area contributed by atoms with Crippen molar-refractivity contribution in [3.8, 4) is 0 Å². The number of alkyl halides is 1. The fourth-order valence-corrected chi connectivity index (χ4v) is 0.509. The van der Waals surface area contributed by atoms with E-state index in [0.29, 0.717) is 0 Å². The quantitative estimate of drug-likeness (QED) is 0.370. The number of hydrogen-bond acceptors (Lipinski definition) is 3. The van der Waals surface area contributed by atoms with Gasteiger partial charge < -0.3 is 4.74 Å². The molecule has 0 bridgehead atoms. The van der Waals surface area contributed by atoms with Crippen molar-refractivity contribution in [1.82, 2.24) is 0 Å². The number of carbonyl (C=O) groups is 2. The summed E-state index contributed by atoms with van der Waals surface area (Å²) in [5, 5.41) is -1.16. The zero-order valence-electron chi connectivity index (χ0n) is 6.76. The normalized spacial score (nSPS) is 12.8. The van der Waals surface area contributed by atoms with E-state index in [1.807, 2.05) is 0 Å². The van der Waals surface area contributed by atoms with Crippen LogP contribution in [-0.2, 0) is 14.3 Å². The molecule has 0 aromatic rings. The number of rotatable bonds is 3. The molecule has 0 spiro atoms. The second-order valence-electron chi connectivity index (χ2n) is 2.46. The molecule has 4 heteroatoms. The van der Waals surface area contributed by atoms with Crippen LogP contribution < -0.4 is 0 Å². The van der Waals surface area contributed by atoms with Gasteiger partial charge in [0.15, 0.2) is 11.2 Å². The third-order valence-electron chi connectivity index (χ3n) is 0.916. The Bertz CT molecular complexity index is 165. The molecule has 11 heavy (non-hydrogen) atoms. The lowest BCUT2D eigenvalue weighted by molar-refractivity contribution is -0.148. The van der Waals surface area contributed by atoms with Crippen molar-refractivity contribution in [3.05, 3.63) is 0 Å². The summed E-state index contributed by atoms with van der Waals surface area (Å²) in [5.41, 5.74) is 0. The molecule has 3 nitrogen and oxygen atoms in total. The Hall–Kier alpha value is -0.570. The summed E-state index contributed by atoms with van der Waals surface area (Å²) in [6.45, 7) is 4.64. The van der Waals surface area contributed by atoms with E-state index in [2.05, 4.69) is 4.74 Å². The van der Waals surface area contributed by atoms with Gasteiger partial charge in [0.2, 0.25) is 0 Å². The minimum Gasteiger partial charge on any atom is -0.462 e. The Morgan fingerprint density at radius 1 is 1.36 bits per heavy atom. The average Bonchev–Trinajstić information content (AvgIpc) is 1.84. The highest BCUT2D eigenvalue weighted by Crippen LogP contribution is 2.02. The molecule has 0 amide bonds. The third-order valence-corrected chi connectivity index (χ3v) is 1.40. The fraction of sp³-hybridized carbons (Fsp3) is 0.714. The van der Waals surface area contributed by atoms with Gasteiger partial charge in [0.1, 0.15) is 0 Å². The van der Waals surface area contributed by atoms with Crippen LogP contribution in [0, 0.1) is 0 Å². The second-order valence-corrected chi connectivity index (χ2v) is 2.90. The number of halogens is 1. The monoisotopic (exact) mass is 178 g/mol. The predicted octanol–water partition coefficient (Wildman–Crippen LogP) is 1.13. The van der Waals surface area contributed by atoms with Crippen LogP contribution in [0.25, 0.3) is 0 Å². The van der Waals surface area contributed by atoms with Gasteiger partial charge in [-0.1, -0.05) is 0 Å². The van der Waals surface area contributed by atoms with Crippen molar-refractivity contribution in [2.75, 3.05) is 0 Å². The van der Waals surface area contributed by atoms with Crippen molar-refractivity contribution in [3.63, 3.8) is 0 Å². The molecule has 0 unspecified atom stereocenters. The fourth-order valence-electron chi connectivity index (χ4n) is 0.458. The van der Waals surface area contributed by atoms with Gasteiger partial charge in [-0.2, -0.15) is 0 Å². The van der Waals surface area contributed by atoms with Gasteiger partial charge >= 0.3 is 5.97 Å². The van der Waals surface area contributed by atoms with E-state index in [0.717, 1.165) is 0 Å². The van der Waals surface area contributed by atoms with Gasteiger partial charge in [-0.25, -0.2) is 4.79 Å². The summed E-state index contributed by atoms with van der Waals surface area (Å²) in [5.74, 6) is -1.06. The summed E-state index contributed by atoms with van der Waals surface area (Å²) < 4.78 is 4.68. The molecule has 0 rings (SSSR count). The number of ether oxygens (including phenoxy) is 1. The first kappa shape index (κ1) is 10.4. The molecule has 0 aliphatic carbocycles. The SMILES string of the molecule is CC(=O)[C@H](Cl)C(=O)OC(C)C. The molecular weight excluding hydrogens is 168 g/mol. The van der Waals surface area contributed by atoms with Gasteiger partial charge in [0, 0.05) is 0 Å². The third kappa shape index (κ3) is 3.98. The highest BCUT2D eigenvalue weighted by Gasteiger charge is 2.22. The molecule has 0 aliphatic heterocycles. The van der Waals surface area contributed by atoms with Crippen LogP contribution in [0.4, 0.5) is 0 Å². The molecule has 0 aromatic carbocycles. The number of ketones is 1. The van der Waals surface area contributed by atoms with Crippen LogP contribution in [-0.4, -0.2) is 23.2 Å². The molecule has 0 saturated heterocycles. The highest BCUT2D eigenvalue weighted by atomic mass is 35.5. The van der Waals surface area contributed by atoms with Crippen molar-refractivity contribution in [2.45, 2.75) is 32.3 Å². The zero-order valence-corrected chi connectivity index (χ0v) is 7.51. The van der Waals surface area contributed by atoms with Crippen LogP contribution in [0.5, 0.6) is 0 Å². The van der Waals surface area contributed by atoms with Gasteiger partial charge in [0.05, 0.1) is 6.10 Å². The second kappa shape index (κ2) is 4.34. The Balaban J connectivity index is 3.93. The van der Waals surface area contributed by atoms with E-state index in [1.165, 1.54) is 6.92 Å². The lowest BCUT2D eigenvalue weighted by Crippen LogP contribution is -2.26. The van der Waals surface area contributed by atoms with E-state index in [9.17, 15) is 9.59 Å². The van der Waals surface area contributed by atoms with Crippen LogP contribution in [0.1, 0.15) is 20.8 Å². The van der Waals surface area contributed by atoms with E-state index in [-0.39, 0.29) is 6.10 Å². The lowest BCUT2D eigenvalue weighted by Gasteiger charge is -2.09. The Labute approximate surface area is 70.7 Å². The standard InChI is InChI=1S/C7H11ClO3/c1-4(2)11-7(10)6(8)5(3)9/h4,6H,1-3H3/t6-/m0/s1. The van der Waals surface area contributed by atoms with Gasteiger partial charge in [0.25, 0.3) is 0 Å². The van der Waals surface area contributed by atoms with Crippen molar-refractivity contribution < 1.29 is 14.3 Å². The summed E-state index contributed by atoms with van der Waals surface area (Å²) in [6.07, 6.45) is -0.233. The Morgan fingerprint density at radius 2 is 1.82 bits per heavy atom. The number of esters is 1. The van der Waals surface area contributed by atoms with Gasteiger partial charge in [-0.15, -0.1) is 11.6 Å². The highest BCUT2D eigenvalue weighted by molar-refractivity contribution is 6.40. The summed E-state index contributed by atoms with van der Waals surface area (Å²) in [4.78, 5) is 21.4. The molecule has 0 saturated carbocycles. The van der Waals surface area contributed by atoms with Crippen LogP contribution in [0.2, 0.25) is 0 Å². The van der Waals surface area contributed by atoms with Crippen molar-refractivity contribution >= 4 is 23.4 Å². The molecule has 0 heterocycles. The minimum absolute atomic E-state index is 0.233. The molecule has 0 aliphatic rings. The topological polar surface area (TPSA) is 43.4 Å². The van der Waals surface area contributed by atoms with E-state index in [1.54, 1.807) is 13.8 Å². The van der Waals surface area contributed by atoms with Gasteiger partial charge in [-0.3, -0.25) is 4.79 Å². The maximum Gasteiger partial charge on any atom is 0.331 e. The van der Waals surface area contributed by atoms with Crippen LogP contribution in [0.3, 0.4) is 0 Å². The largest absolute Gasteiger partial charge is 0.462 e. The van der Waals surface area contributed by atoms with E-state index >= 15 is 0 Å². The van der Waals surface area contributed by atoms with E-state index in [4.69, 9.17) is 11.6 Å². The zero-order chi connectivity index (χ0) is 9.02. The molecule has 0 N–H and O–H groups in total. The molecular formula is C7H11ClO3. The molecule has 0 aromatic heterocycles. The first-order valence-corrected chi connectivity index (χ1v) is 3.73. The number of carbonyl (C=O) groups excluding carboxylic acids is 2. The molecule has 0 fully saturated rings. The minimum atomic E-state index is -1.16. The molecule has 1 atom stereocenters. The smallest absolute Gasteiger partial charge is 0.331 e. The summed E-state index contributed by atoms with van der Waals surface area (Å²) >= 11 is 5.39. The van der Waals surface area contributed by atoms with Crippen LogP contribution >= 0.6 is 11.6 Å². The average molecular weight is 179 g/mol. The Kier molecular flexibility index (Phi) is 4.11. The maximum atomic E-state index is 10.8. The van der Waals surface area contributed by atoms with Crippen LogP contribution in [0.15, 0.2) is 0 Å². The van der Waals surface area contributed by atoms with Crippen molar-refractivity contribution in [1.29, 1.82) is 0 Å². The summed E-state index contributed by atoms with van der Waals surface area (Å²) in [6, 6.07) is 0.